The number of nitrogens with zero attached hydrogens (tertiary/aromatic N) is 1. The Labute approximate surface area is 121 Å². The summed E-state index contributed by atoms with van der Waals surface area (Å²) >= 11 is 5.78. The molecule has 2 rings (SSSR count). The second-order valence-electron chi connectivity index (χ2n) is 4.12. The molecule has 0 aliphatic carbocycles. The highest BCUT2D eigenvalue weighted by atomic mass is 35.5. The molecule has 0 bridgehead atoms. The summed E-state index contributed by atoms with van der Waals surface area (Å²) in [7, 11) is 0. The van der Waals surface area contributed by atoms with E-state index >= 15 is 0 Å². The minimum atomic E-state index is -0.379. The molecule has 104 valence electrons. The average Bonchev–Trinajstić information content (AvgIpc) is 2.38. The van der Waals surface area contributed by atoms with Crippen LogP contribution in [0.15, 0.2) is 42.6 Å². The Morgan fingerprint density at radius 1 is 1.30 bits per heavy atom. The van der Waals surface area contributed by atoms with Gasteiger partial charge in [-0.2, -0.15) is 0 Å². The topological polar surface area (TPSA) is 54.0 Å². The molecule has 0 spiro atoms. The predicted octanol–water partition coefficient (Wildman–Crippen LogP) is 3.24. The SMILES string of the molecule is O=C(NCCc1cccc(F)c1)Nc1cc(Cl)ccn1. The first kappa shape index (κ1) is 14.3. The maximum Gasteiger partial charge on any atom is 0.320 e. The average molecular weight is 294 g/mol. The highest BCUT2D eigenvalue weighted by Crippen LogP contribution is 2.11. The van der Waals surface area contributed by atoms with Crippen molar-refractivity contribution in [1.82, 2.24) is 10.3 Å². The number of aromatic nitrogens is 1. The Morgan fingerprint density at radius 3 is 2.90 bits per heavy atom. The van der Waals surface area contributed by atoms with Crippen LogP contribution >= 0.6 is 11.6 Å². The summed E-state index contributed by atoms with van der Waals surface area (Å²) in [6.07, 6.45) is 2.05. The first-order chi connectivity index (χ1) is 9.63. The van der Waals surface area contributed by atoms with Crippen LogP contribution in [0.3, 0.4) is 0 Å². The van der Waals surface area contributed by atoms with Gasteiger partial charge in [-0.15, -0.1) is 0 Å². The normalized spacial score (nSPS) is 10.1. The Hall–Kier alpha value is -2.14. The molecule has 0 fully saturated rings. The molecule has 0 saturated heterocycles. The first-order valence-electron chi connectivity index (χ1n) is 6.04. The lowest BCUT2D eigenvalue weighted by Gasteiger charge is -2.07. The number of carbonyl (C=O) groups is 1. The van der Waals surface area contributed by atoms with E-state index in [2.05, 4.69) is 15.6 Å². The van der Waals surface area contributed by atoms with E-state index < -0.39 is 0 Å². The number of urea groups is 1. The number of amides is 2. The Bertz CT molecular complexity index is 606. The van der Waals surface area contributed by atoms with Crippen LogP contribution < -0.4 is 10.6 Å². The summed E-state index contributed by atoms with van der Waals surface area (Å²) in [5.74, 6) is 0.0934. The van der Waals surface area contributed by atoms with E-state index in [1.807, 2.05) is 0 Å². The van der Waals surface area contributed by atoms with Crippen LogP contribution in [0.4, 0.5) is 15.0 Å². The fourth-order valence-electron chi connectivity index (χ4n) is 1.65. The summed E-state index contributed by atoms with van der Waals surface area (Å²) < 4.78 is 13.0. The highest BCUT2D eigenvalue weighted by molar-refractivity contribution is 6.30. The number of rotatable bonds is 4. The van der Waals surface area contributed by atoms with Crippen molar-refractivity contribution in [3.63, 3.8) is 0 Å². The molecular formula is C14H13ClFN3O. The number of halogens is 2. The van der Waals surface area contributed by atoms with Crippen LogP contribution in [0.1, 0.15) is 5.56 Å². The number of nitrogens with one attached hydrogen (secondary N) is 2. The van der Waals surface area contributed by atoms with Crippen LogP contribution in [0.5, 0.6) is 0 Å². The van der Waals surface area contributed by atoms with Gasteiger partial charge in [0.1, 0.15) is 11.6 Å². The number of anilines is 1. The van der Waals surface area contributed by atoms with Gasteiger partial charge in [0.15, 0.2) is 0 Å². The molecule has 2 amide bonds. The van der Waals surface area contributed by atoms with Gasteiger partial charge in [0, 0.05) is 17.8 Å². The van der Waals surface area contributed by atoms with E-state index in [-0.39, 0.29) is 11.8 Å². The van der Waals surface area contributed by atoms with E-state index in [9.17, 15) is 9.18 Å². The summed E-state index contributed by atoms with van der Waals surface area (Å²) in [4.78, 5) is 15.6. The van der Waals surface area contributed by atoms with E-state index in [0.29, 0.717) is 23.8 Å². The molecule has 2 N–H and O–H groups in total. The van der Waals surface area contributed by atoms with Crippen LogP contribution in [0.25, 0.3) is 0 Å². The molecule has 1 aromatic heterocycles. The van der Waals surface area contributed by atoms with Crippen LogP contribution in [0, 0.1) is 5.82 Å². The smallest absolute Gasteiger partial charge is 0.320 e. The fraction of sp³-hybridized carbons (Fsp3) is 0.143. The minimum absolute atomic E-state index is 0.282. The van der Waals surface area contributed by atoms with Gasteiger partial charge in [0.25, 0.3) is 0 Å². The lowest BCUT2D eigenvalue weighted by Crippen LogP contribution is -2.30. The van der Waals surface area contributed by atoms with Crippen molar-refractivity contribution in [3.05, 3.63) is 59.0 Å². The maximum absolute atomic E-state index is 13.0. The number of carbonyl (C=O) groups excluding carboxylic acids is 1. The summed E-state index contributed by atoms with van der Waals surface area (Å²) in [6.45, 7) is 0.399. The Balaban J connectivity index is 1.78. The Kier molecular flexibility index (Phi) is 4.90. The molecule has 0 unspecified atom stereocenters. The van der Waals surface area contributed by atoms with E-state index in [0.717, 1.165) is 5.56 Å². The van der Waals surface area contributed by atoms with Gasteiger partial charge < -0.3 is 5.32 Å². The standard InChI is InChI=1S/C14H13ClFN3O/c15-11-5-7-17-13(9-11)19-14(20)18-6-4-10-2-1-3-12(16)8-10/h1-3,5,7-9H,4,6H2,(H2,17,18,19,20). The van der Waals surface area contributed by atoms with Gasteiger partial charge in [-0.3, -0.25) is 5.32 Å². The van der Waals surface area contributed by atoms with Crippen molar-refractivity contribution in [2.75, 3.05) is 11.9 Å². The van der Waals surface area contributed by atoms with Crippen LogP contribution in [0.2, 0.25) is 5.02 Å². The van der Waals surface area contributed by atoms with E-state index in [4.69, 9.17) is 11.6 Å². The number of hydrogen-bond donors (Lipinski definition) is 2. The summed E-state index contributed by atoms with van der Waals surface area (Å²) in [5, 5.41) is 5.72. The third-order valence-electron chi connectivity index (χ3n) is 2.55. The van der Waals surface area contributed by atoms with Crippen LogP contribution in [-0.4, -0.2) is 17.6 Å². The molecule has 6 heteroatoms. The Morgan fingerprint density at radius 2 is 2.15 bits per heavy atom. The molecule has 0 atom stereocenters. The minimum Gasteiger partial charge on any atom is -0.337 e. The third kappa shape index (κ3) is 4.51. The molecular weight excluding hydrogens is 281 g/mol. The molecule has 0 aliphatic rings. The zero-order valence-corrected chi connectivity index (χ0v) is 11.3. The van der Waals surface area contributed by atoms with Gasteiger partial charge in [-0.25, -0.2) is 14.2 Å². The van der Waals surface area contributed by atoms with Gasteiger partial charge in [-0.05, 0) is 36.2 Å². The van der Waals surface area contributed by atoms with Crippen molar-refractivity contribution >= 4 is 23.4 Å². The van der Waals surface area contributed by atoms with Gasteiger partial charge in [0.05, 0.1) is 0 Å². The van der Waals surface area contributed by atoms with Gasteiger partial charge in [0.2, 0.25) is 0 Å². The molecule has 1 aromatic carbocycles. The predicted molar refractivity (Wildman–Crippen MR) is 76.4 cm³/mol. The lowest BCUT2D eigenvalue weighted by molar-refractivity contribution is 0.252. The lowest BCUT2D eigenvalue weighted by atomic mass is 10.1. The molecule has 2 aromatic rings. The van der Waals surface area contributed by atoms with Crippen molar-refractivity contribution < 1.29 is 9.18 Å². The monoisotopic (exact) mass is 293 g/mol. The van der Waals surface area contributed by atoms with E-state index in [1.165, 1.54) is 18.3 Å². The molecule has 1 heterocycles. The number of hydrogen-bond acceptors (Lipinski definition) is 2. The maximum atomic E-state index is 13.0. The van der Waals surface area contributed by atoms with Gasteiger partial charge >= 0.3 is 6.03 Å². The van der Waals surface area contributed by atoms with Crippen molar-refractivity contribution in [2.24, 2.45) is 0 Å². The molecule has 4 nitrogen and oxygen atoms in total. The molecule has 20 heavy (non-hydrogen) atoms. The second kappa shape index (κ2) is 6.86. The highest BCUT2D eigenvalue weighted by Gasteiger charge is 2.03. The largest absolute Gasteiger partial charge is 0.337 e. The number of pyridine rings is 1. The molecule has 0 saturated carbocycles. The van der Waals surface area contributed by atoms with Crippen molar-refractivity contribution in [1.29, 1.82) is 0 Å². The van der Waals surface area contributed by atoms with Crippen molar-refractivity contribution in [3.8, 4) is 0 Å². The van der Waals surface area contributed by atoms with Crippen LogP contribution in [-0.2, 0) is 6.42 Å². The third-order valence-corrected chi connectivity index (χ3v) is 2.79. The zero-order chi connectivity index (χ0) is 14.4. The zero-order valence-electron chi connectivity index (χ0n) is 10.6. The summed E-state index contributed by atoms with van der Waals surface area (Å²) in [6, 6.07) is 9.06. The van der Waals surface area contributed by atoms with Crippen molar-refractivity contribution in [2.45, 2.75) is 6.42 Å². The fourth-order valence-corrected chi connectivity index (χ4v) is 1.81. The number of benzene rings is 1. The van der Waals surface area contributed by atoms with E-state index in [1.54, 1.807) is 24.3 Å². The quantitative estimate of drug-likeness (QED) is 0.909. The second-order valence-corrected chi connectivity index (χ2v) is 4.56. The summed E-state index contributed by atoms with van der Waals surface area (Å²) in [5.41, 5.74) is 0.825. The first-order valence-corrected chi connectivity index (χ1v) is 6.42. The molecule has 0 radical (unpaired) electrons. The molecule has 0 aliphatic heterocycles. The van der Waals surface area contributed by atoms with Gasteiger partial charge in [-0.1, -0.05) is 23.7 Å².